The van der Waals surface area contributed by atoms with Gasteiger partial charge in [0.2, 0.25) is 0 Å². The van der Waals surface area contributed by atoms with Gasteiger partial charge in [0.25, 0.3) is 0 Å². The Kier molecular flexibility index (Phi) is 2.40. The number of rotatable bonds is 3. The van der Waals surface area contributed by atoms with Gasteiger partial charge in [-0.1, -0.05) is 19.1 Å². The molecule has 0 saturated heterocycles. The molecule has 3 unspecified atom stereocenters. The van der Waals surface area contributed by atoms with Crippen LogP contribution in [0.2, 0.25) is 0 Å². The van der Waals surface area contributed by atoms with Gasteiger partial charge in [0.05, 0.1) is 6.61 Å². The summed E-state index contributed by atoms with van der Waals surface area (Å²) in [4.78, 5) is 0. The first kappa shape index (κ1) is 10.2. The van der Waals surface area contributed by atoms with Gasteiger partial charge in [-0.05, 0) is 42.5 Å². The fraction of sp³-hybridized carbons (Fsp3) is 0.571. The van der Waals surface area contributed by atoms with Crippen LogP contribution in [0, 0.1) is 11.8 Å². The second-order valence-corrected chi connectivity index (χ2v) is 5.11. The Bertz CT molecular complexity index is 402. The number of hydrogen-bond acceptors (Lipinski definition) is 2. The normalized spacial score (nSPS) is 28.4. The Hall–Kier alpha value is -1.02. The molecule has 2 aliphatic rings. The third-order valence-corrected chi connectivity index (χ3v) is 3.98. The van der Waals surface area contributed by atoms with E-state index in [9.17, 15) is 0 Å². The smallest absolute Gasteiger partial charge is 0.122 e. The number of hydrogen-bond donors (Lipinski definition) is 1. The van der Waals surface area contributed by atoms with Crippen molar-refractivity contribution in [2.75, 3.05) is 13.7 Å². The van der Waals surface area contributed by atoms with E-state index in [1.807, 2.05) is 0 Å². The van der Waals surface area contributed by atoms with Crippen LogP contribution in [0.15, 0.2) is 18.2 Å². The van der Waals surface area contributed by atoms with Crippen LogP contribution >= 0.6 is 0 Å². The van der Waals surface area contributed by atoms with Crippen LogP contribution in [0.3, 0.4) is 0 Å². The van der Waals surface area contributed by atoms with Crippen molar-refractivity contribution in [2.45, 2.75) is 25.8 Å². The van der Waals surface area contributed by atoms with E-state index in [1.54, 1.807) is 0 Å². The van der Waals surface area contributed by atoms with Crippen molar-refractivity contribution in [3.63, 3.8) is 0 Å². The van der Waals surface area contributed by atoms with Gasteiger partial charge in [-0.3, -0.25) is 0 Å². The van der Waals surface area contributed by atoms with Gasteiger partial charge < -0.3 is 10.1 Å². The molecule has 2 heteroatoms. The van der Waals surface area contributed by atoms with Gasteiger partial charge in [-0.2, -0.15) is 0 Å². The fourth-order valence-corrected chi connectivity index (χ4v) is 2.84. The number of benzene rings is 1. The Morgan fingerprint density at radius 1 is 1.44 bits per heavy atom. The average Bonchev–Trinajstić information content (AvgIpc) is 2.82. The summed E-state index contributed by atoms with van der Waals surface area (Å²) in [6.45, 7) is 3.19. The summed E-state index contributed by atoms with van der Waals surface area (Å²) in [5.41, 5.74) is 2.81. The summed E-state index contributed by atoms with van der Waals surface area (Å²) in [5.74, 6) is 2.79. The molecular weight excluding hydrogens is 198 g/mol. The molecule has 1 fully saturated rings. The molecule has 16 heavy (non-hydrogen) atoms. The van der Waals surface area contributed by atoms with E-state index in [0.29, 0.717) is 6.04 Å². The maximum atomic E-state index is 5.54. The molecule has 1 heterocycles. The zero-order valence-corrected chi connectivity index (χ0v) is 9.99. The zero-order valence-electron chi connectivity index (χ0n) is 9.99. The molecule has 2 nitrogen and oxygen atoms in total. The summed E-state index contributed by atoms with van der Waals surface area (Å²) >= 11 is 0. The topological polar surface area (TPSA) is 21.3 Å². The van der Waals surface area contributed by atoms with Crippen LogP contribution in [-0.4, -0.2) is 13.7 Å². The predicted octanol–water partition coefficient (Wildman–Crippen LogP) is 2.54. The Morgan fingerprint density at radius 2 is 2.25 bits per heavy atom. The van der Waals surface area contributed by atoms with E-state index in [-0.39, 0.29) is 0 Å². The van der Waals surface area contributed by atoms with Crippen LogP contribution < -0.4 is 10.1 Å². The molecule has 0 amide bonds. The van der Waals surface area contributed by atoms with Crippen molar-refractivity contribution >= 4 is 0 Å². The van der Waals surface area contributed by atoms with E-state index >= 15 is 0 Å². The molecule has 0 aromatic heterocycles. The molecule has 3 atom stereocenters. The van der Waals surface area contributed by atoms with Gasteiger partial charge in [0.1, 0.15) is 5.75 Å². The second kappa shape index (κ2) is 3.77. The molecular formula is C14H19NO. The molecule has 0 bridgehead atoms. The molecule has 1 N–H and O–H groups in total. The third-order valence-electron chi connectivity index (χ3n) is 3.98. The standard InChI is InChI=1S/C14H19NO/c1-9-7-12(9)14(15-2)11-3-4-13-10(8-11)5-6-16-13/h3-4,8-9,12,14-15H,5-7H2,1-2H3. The Labute approximate surface area is 97.0 Å². The maximum Gasteiger partial charge on any atom is 0.122 e. The molecule has 86 valence electrons. The molecule has 1 saturated carbocycles. The van der Waals surface area contributed by atoms with Gasteiger partial charge in [0, 0.05) is 12.5 Å². The number of nitrogens with one attached hydrogen (secondary N) is 1. The largest absolute Gasteiger partial charge is 0.493 e. The maximum absolute atomic E-state index is 5.54. The van der Waals surface area contributed by atoms with Gasteiger partial charge in [0.15, 0.2) is 0 Å². The van der Waals surface area contributed by atoms with E-state index in [0.717, 1.165) is 30.6 Å². The highest BCUT2D eigenvalue weighted by Gasteiger charge is 2.39. The summed E-state index contributed by atoms with van der Waals surface area (Å²) in [5, 5.41) is 3.46. The minimum atomic E-state index is 0.529. The van der Waals surface area contributed by atoms with Crippen LogP contribution in [0.4, 0.5) is 0 Å². The fourth-order valence-electron chi connectivity index (χ4n) is 2.84. The van der Waals surface area contributed by atoms with Crippen molar-refractivity contribution in [1.82, 2.24) is 5.32 Å². The monoisotopic (exact) mass is 217 g/mol. The molecule has 1 aliphatic carbocycles. The minimum Gasteiger partial charge on any atom is -0.493 e. The van der Waals surface area contributed by atoms with Crippen molar-refractivity contribution in [2.24, 2.45) is 11.8 Å². The highest BCUT2D eigenvalue weighted by molar-refractivity contribution is 5.41. The molecule has 0 spiro atoms. The van der Waals surface area contributed by atoms with Crippen molar-refractivity contribution in [3.05, 3.63) is 29.3 Å². The molecule has 3 rings (SSSR count). The minimum absolute atomic E-state index is 0.529. The van der Waals surface area contributed by atoms with Gasteiger partial charge in [-0.15, -0.1) is 0 Å². The summed E-state index contributed by atoms with van der Waals surface area (Å²) in [7, 11) is 2.07. The SMILES string of the molecule is CNC(c1ccc2c(c1)CCO2)C1CC1C. The summed E-state index contributed by atoms with van der Waals surface area (Å²) < 4.78 is 5.54. The van der Waals surface area contributed by atoms with Crippen LogP contribution in [0.25, 0.3) is 0 Å². The van der Waals surface area contributed by atoms with E-state index in [2.05, 4.69) is 37.5 Å². The van der Waals surface area contributed by atoms with Crippen molar-refractivity contribution in [3.8, 4) is 5.75 Å². The lowest BCUT2D eigenvalue weighted by Crippen LogP contribution is -2.19. The van der Waals surface area contributed by atoms with Crippen LogP contribution in [-0.2, 0) is 6.42 Å². The first-order valence-corrected chi connectivity index (χ1v) is 6.22. The van der Waals surface area contributed by atoms with Gasteiger partial charge in [-0.25, -0.2) is 0 Å². The predicted molar refractivity (Wildman–Crippen MR) is 64.7 cm³/mol. The second-order valence-electron chi connectivity index (χ2n) is 5.11. The van der Waals surface area contributed by atoms with E-state index in [1.165, 1.54) is 17.5 Å². The first-order chi connectivity index (χ1) is 7.79. The first-order valence-electron chi connectivity index (χ1n) is 6.22. The lowest BCUT2D eigenvalue weighted by molar-refractivity contribution is 0.356. The highest BCUT2D eigenvalue weighted by atomic mass is 16.5. The van der Waals surface area contributed by atoms with Crippen molar-refractivity contribution < 1.29 is 4.74 Å². The highest BCUT2D eigenvalue weighted by Crippen LogP contribution is 2.47. The Balaban J connectivity index is 1.87. The third kappa shape index (κ3) is 1.61. The number of ether oxygens (including phenoxy) is 1. The van der Waals surface area contributed by atoms with E-state index in [4.69, 9.17) is 4.74 Å². The Morgan fingerprint density at radius 3 is 2.94 bits per heavy atom. The van der Waals surface area contributed by atoms with Crippen LogP contribution in [0.5, 0.6) is 5.75 Å². The zero-order chi connectivity index (χ0) is 11.1. The lowest BCUT2D eigenvalue weighted by Gasteiger charge is -2.17. The van der Waals surface area contributed by atoms with Crippen molar-refractivity contribution in [1.29, 1.82) is 0 Å². The average molecular weight is 217 g/mol. The molecule has 1 aliphatic heterocycles. The lowest BCUT2D eigenvalue weighted by atomic mass is 9.98. The molecule has 1 aromatic rings. The van der Waals surface area contributed by atoms with Gasteiger partial charge >= 0.3 is 0 Å². The summed E-state index contributed by atoms with van der Waals surface area (Å²) in [6.07, 6.45) is 2.43. The number of fused-ring (bicyclic) bond motifs is 1. The molecule has 1 aromatic carbocycles. The molecule has 0 radical (unpaired) electrons. The van der Waals surface area contributed by atoms with E-state index < -0.39 is 0 Å². The summed E-state index contributed by atoms with van der Waals surface area (Å²) in [6, 6.07) is 7.21. The van der Waals surface area contributed by atoms with Crippen LogP contribution in [0.1, 0.15) is 30.5 Å². The quantitative estimate of drug-likeness (QED) is 0.840.